The van der Waals surface area contributed by atoms with Crippen LogP contribution in [0.5, 0.6) is 0 Å². The van der Waals surface area contributed by atoms with E-state index in [0.717, 1.165) is 0 Å². The second kappa shape index (κ2) is 4.26. The lowest BCUT2D eigenvalue weighted by atomic mass is 10.4. The van der Waals surface area contributed by atoms with Crippen LogP contribution in [-0.4, -0.2) is 33.9 Å². The van der Waals surface area contributed by atoms with Gasteiger partial charge in [-0.05, 0) is 0 Å². The van der Waals surface area contributed by atoms with Gasteiger partial charge in [0.1, 0.15) is 0 Å². The maximum Gasteiger partial charge on any atom is 0.236 e. The first-order valence-corrected chi connectivity index (χ1v) is 4.91. The van der Waals surface area contributed by atoms with Crippen LogP contribution < -0.4 is 21.9 Å². The van der Waals surface area contributed by atoms with Crippen LogP contribution in [0.3, 0.4) is 0 Å². The van der Waals surface area contributed by atoms with Crippen molar-refractivity contribution in [3.05, 3.63) is 18.6 Å². The fourth-order valence-corrected chi connectivity index (χ4v) is 1.55. The molecule has 8 heteroatoms. The van der Waals surface area contributed by atoms with Crippen molar-refractivity contribution in [1.29, 1.82) is 0 Å². The van der Waals surface area contributed by atoms with Gasteiger partial charge in [-0.3, -0.25) is 4.79 Å². The average molecular weight is 235 g/mol. The fourth-order valence-electron chi connectivity index (χ4n) is 1.55. The minimum absolute atomic E-state index is 0.0591. The van der Waals surface area contributed by atoms with Gasteiger partial charge >= 0.3 is 0 Å². The molecule has 0 radical (unpaired) electrons. The molecule has 17 heavy (non-hydrogen) atoms. The summed E-state index contributed by atoms with van der Waals surface area (Å²) in [4.78, 5) is 20.9. The number of nitrogens with zero attached hydrogens (tertiary/aromatic N) is 4. The summed E-state index contributed by atoms with van der Waals surface area (Å²) in [6.45, 7) is 0.0591. The number of hydrogen-bond acceptors (Lipinski definition) is 6. The molecule has 2 rings (SSSR count). The van der Waals surface area contributed by atoms with Gasteiger partial charge in [-0.2, -0.15) is 0 Å². The van der Waals surface area contributed by atoms with Crippen LogP contribution in [0.2, 0.25) is 0 Å². The number of likely N-dealkylation sites (N-methyl/N-ethyl adjacent to an activating group) is 1. The lowest BCUT2D eigenvalue weighted by Gasteiger charge is -2.17. The smallest absolute Gasteiger partial charge is 0.236 e. The number of fused-ring (bicyclic) bond motifs is 1. The Labute approximate surface area is 97.2 Å². The van der Waals surface area contributed by atoms with Gasteiger partial charge in [-0.1, -0.05) is 0 Å². The molecule has 90 valence electrons. The van der Waals surface area contributed by atoms with E-state index in [2.05, 4.69) is 15.4 Å². The fraction of sp³-hybridized carbons (Fsp3) is 0.222. The standard InChI is InChI=1S/C9H13N7O/c1-15(4-6(10)17)9-8-12-2-3-16(8)5-7(13-9)14-11/h2-3,5,14H,4,11H2,1H3,(H2,10,17). The Morgan fingerprint density at radius 2 is 2.41 bits per heavy atom. The van der Waals surface area contributed by atoms with E-state index in [4.69, 9.17) is 11.6 Å². The molecule has 1 amide bonds. The molecule has 5 N–H and O–H groups in total. The summed E-state index contributed by atoms with van der Waals surface area (Å²) in [6, 6.07) is 0. The molecule has 0 saturated carbocycles. The van der Waals surface area contributed by atoms with Crippen LogP contribution in [0.15, 0.2) is 18.6 Å². The summed E-state index contributed by atoms with van der Waals surface area (Å²) in [6.07, 6.45) is 5.10. The Morgan fingerprint density at radius 1 is 1.65 bits per heavy atom. The van der Waals surface area contributed by atoms with E-state index < -0.39 is 5.91 Å². The van der Waals surface area contributed by atoms with Gasteiger partial charge in [0.05, 0.1) is 12.7 Å². The summed E-state index contributed by atoms with van der Waals surface area (Å²) >= 11 is 0. The quantitative estimate of drug-likeness (QED) is 0.459. The molecule has 2 heterocycles. The predicted octanol–water partition coefficient (Wildman–Crippen LogP) is -1.06. The van der Waals surface area contributed by atoms with E-state index in [-0.39, 0.29) is 6.54 Å². The molecule has 0 spiro atoms. The van der Waals surface area contributed by atoms with E-state index in [9.17, 15) is 4.79 Å². The number of amides is 1. The number of carbonyl (C=O) groups is 1. The maximum atomic E-state index is 10.9. The van der Waals surface area contributed by atoms with E-state index in [1.54, 1.807) is 34.9 Å². The molecule has 0 aliphatic heterocycles. The van der Waals surface area contributed by atoms with Crippen molar-refractivity contribution >= 4 is 23.2 Å². The maximum absolute atomic E-state index is 10.9. The first-order chi connectivity index (χ1) is 8.11. The SMILES string of the molecule is CN(CC(N)=O)c1nc(NN)cn2ccnc12. The minimum Gasteiger partial charge on any atom is -0.368 e. The van der Waals surface area contributed by atoms with E-state index in [1.165, 1.54) is 0 Å². The molecule has 0 aliphatic rings. The molecule has 0 saturated heterocycles. The number of carbonyl (C=O) groups excluding carboxylic acids is 1. The Hall–Kier alpha value is -2.35. The highest BCUT2D eigenvalue weighted by atomic mass is 16.1. The zero-order chi connectivity index (χ0) is 12.4. The number of anilines is 2. The summed E-state index contributed by atoms with van der Waals surface area (Å²) in [5.41, 5.74) is 8.23. The number of imidazole rings is 1. The van der Waals surface area contributed by atoms with Gasteiger partial charge in [-0.15, -0.1) is 0 Å². The Kier molecular flexibility index (Phi) is 2.79. The van der Waals surface area contributed by atoms with E-state index >= 15 is 0 Å². The summed E-state index contributed by atoms with van der Waals surface area (Å²) < 4.78 is 1.76. The summed E-state index contributed by atoms with van der Waals surface area (Å²) in [7, 11) is 1.71. The van der Waals surface area contributed by atoms with Crippen molar-refractivity contribution in [1.82, 2.24) is 14.4 Å². The number of hydrogen-bond donors (Lipinski definition) is 3. The van der Waals surface area contributed by atoms with Gasteiger partial charge in [0.2, 0.25) is 5.91 Å². The largest absolute Gasteiger partial charge is 0.368 e. The molecule has 0 bridgehead atoms. The van der Waals surface area contributed by atoms with Gasteiger partial charge in [0.15, 0.2) is 17.3 Å². The Morgan fingerprint density at radius 3 is 3.06 bits per heavy atom. The van der Waals surface area contributed by atoms with Gasteiger partial charge < -0.3 is 20.5 Å². The highest BCUT2D eigenvalue weighted by Gasteiger charge is 2.13. The second-order valence-electron chi connectivity index (χ2n) is 3.57. The zero-order valence-electron chi connectivity index (χ0n) is 9.29. The molecule has 0 atom stereocenters. The molecule has 2 aromatic rings. The van der Waals surface area contributed by atoms with Crippen molar-refractivity contribution in [2.75, 3.05) is 23.9 Å². The molecule has 2 aromatic heterocycles. The van der Waals surface area contributed by atoms with Crippen LogP contribution in [0.1, 0.15) is 0 Å². The molecular weight excluding hydrogens is 222 g/mol. The summed E-state index contributed by atoms with van der Waals surface area (Å²) in [5, 5.41) is 0. The normalized spacial score (nSPS) is 10.5. The third kappa shape index (κ3) is 2.11. The number of nitrogen functional groups attached to an aromatic ring is 1. The van der Waals surface area contributed by atoms with E-state index in [1.807, 2.05) is 0 Å². The number of aromatic nitrogens is 3. The molecular formula is C9H13N7O. The molecule has 0 fully saturated rings. The number of rotatable bonds is 4. The van der Waals surface area contributed by atoms with E-state index in [0.29, 0.717) is 17.3 Å². The zero-order valence-corrected chi connectivity index (χ0v) is 9.29. The van der Waals surface area contributed by atoms with Crippen molar-refractivity contribution in [2.45, 2.75) is 0 Å². The first-order valence-electron chi connectivity index (χ1n) is 4.91. The molecule has 0 aliphatic carbocycles. The van der Waals surface area contributed by atoms with Crippen molar-refractivity contribution in [3.63, 3.8) is 0 Å². The summed E-state index contributed by atoms with van der Waals surface area (Å²) in [5.74, 6) is 5.89. The Balaban J connectivity index is 2.49. The number of hydrazine groups is 1. The molecule has 0 unspecified atom stereocenters. The van der Waals surface area contributed by atoms with Crippen LogP contribution >= 0.6 is 0 Å². The number of nitrogens with one attached hydrogen (secondary N) is 1. The van der Waals surface area contributed by atoms with Crippen LogP contribution in [0.4, 0.5) is 11.6 Å². The monoisotopic (exact) mass is 235 g/mol. The highest BCUT2D eigenvalue weighted by Crippen LogP contribution is 2.18. The lowest BCUT2D eigenvalue weighted by molar-refractivity contribution is -0.116. The highest BCUT2D eigenvalue weighted by molar-refractivity contribution is 5.81. The molecule has 8 nitrogen and oxygen atoms in total. The average Bonchev–Trinajstić information content (AvgIpc) is 2.74. The topological polar surface area (TPSA) is 115 Å². The van der Waals surface area contributed by atoms with Gasteiger partial charge in [0.25, 0.3) is 0 Å². The van der Waals surface area contributed by atoms with Crippen LogP contribution in [0.25, 0.3) is 5.65 Å². The van der Waals surface area contributed by atoms with Crippen molar-refractivity contribution < 1.29 is 4.79 Å². The van der Waals surface area contributed by atoms with Crippen molar-refractivity contribution in [2.24, 2.45) is 11.6 Å². The predicted molar refractivity (Wildman–Crippen MR) is 63.3 cm³/mol. The number of nitrogens with two attached hydrogens (primary N) is 2. The minimum atomic E-state index is -0.440. The Bertz CT molecular complexity index is 549. The first kappa shape index (κ1) is 11.1. The molecule has 0 aromatic carbocycles. The number of primary amides is 1. The van der Waals surface area contributed by atoms with Crippen molar-refractivity contribution in [3.8, 4) is 0 Å². The lowest BCUT2D eigenvalue weighted by Crippen LogP contribution is -2.31. The van der Waals surface area contributed by atoms with Crippen LogP contribution in [-0.2, 0) is 4.79 Å². The van der Waals surface area contributed by atoms with Crippen LogP contribution in [0, 0.1) is 0 Å². The third-order valence-electron chi connectivity index (χ3n) is 2.26. The third-order valence-corrected chi connectivity index (χ3v) is 2.26. The second-order valence-corrected chi connectivity index (χ2v) is 3.57. The van der Waals surface area contributed by atoms with Gasteiger partial charge in [-0.25, -0.2) is 15.8 Å². The van der Waals surface area contributed by atoms with Gasteiger partial charge in [0, 0.05) is 19.4 Å².